The summed E-state index contributed by atoms with van der Waals surface area (Å²) in [6.07, 6.45) is 9.53. The molecule has 0 saturated heterocycles. The van der Waals surface area contributed by atoms with Crippen molar-refractivity contribution >= 4 is 5.69 Å². The Balaban J connectivity index is 1.62. The highest BCUT2D eigenvalue weighted by Crippen LogP contribution is 2.27. The maximum absolute atomic E-state index is 3.74. The lowest BCUT2D eigenvalue weighted by atomic mass is 9.95. The summed E-state index contributed by atoms with van der Waals surface area (Å²) >= 11 is 0. The van der Waals surface area contributed by atoms with Gasteiger partial charge in [0.25, 0.3) is 0 Å². The highest BCUT2D eigenvalue weighted by molar-refractivity contribution is 5.56. The summed E-state index contributed by atoms with van der Waals surface area (Å²) < 4.78 is 0. The number of hydrogen-bond donors (Lipinski definition) is 1. The number of anilines is 1. The average molecular weight is 258 g/mol. The second-order valence-corrected chi connectivity index (χ2v) is 6.20. The lowest BCUT2D eigenvalue weighted by Gasteiger charge is -2.28. The Kier molecular flexibility index (Phi) is 4.07. The molecule has 0 radical (unpaired) electrons. The highest BCUT2D eigenvalue weighted by Gasteiger charge is 2.15. The van der Waals surface area contributed by atoms with Crippen molar-refractivity contribution in [2.45, 2.75) is 57.5 Å². The number of aryl methyl sites for hydroxylation is 1. The maximum atomic E-state index is 3.74. The van der Waals surface area contributed by atoms with Gasteiger partial charge in [-0.3, -0.25) is 0 Å². The van der Waals surface area contributed by atoms with Crippen molar-refractivity contribution in [3.63, 3.8) is 0 Å². The van der Waals surface area contributed by atoms with E-state index >= 15 is 0 Å². The standard InChI is InChI=1S/C17H26N2/c1-19-11-5-6-15-12-14(9-10-17(15)19)13-18-16-7-3-2-4-8-16/h9-10,12,16,18H,2-8,11,13H2,1H3. The summed E-state index contributed by atoms with van der Waals surface area (Å²) in [5.41, 5.74) is 4.43. The topological polar surface area (TPSA) is 15.3 Å². The second kappa shape index (κ2) is 5.96. The van der Waals surface area contributed by atoms with Crippen LogP contribution in [0.2, 0.25) is 0 Å². The second-order valence-electron chi connectivity index (χ2n) is 6.20. The van der Waals surface area contributed by atoms with Gasteiger partial charge in [-0.15, -0.1) is 0 Å². The smallest absolute Gasteiger partial charge is 0.0396 e. The lowest BCUT2D eigenvalue weighted by Crippen LogP contribution is -2.30. The number of fused-ring (bicyclic) bond motifs is 1. The molecule has 0 atom stereocenters. The molecule has 1 aliphatic heterocycles. The molecule has 3 rings (SSSR count). The van der Waals surface area contributed by atoms with Crippen LogP contribution >= 0.6 is 0 Å². The first-order valence-electron chi connectivity index (χ1n) is 7.89. The minimum Gasteiger partial charge on any atom is -0.374 e. The van der Waals surface area contributed by atoms with Crippen molar-refractivity contribution in [1.29, 1.82) is 0 Å². The van der Waals surface area contributed by atoms with Crippen LogP contribution in [0.25, 0.3) is 0 Å². The first-order valence-corrected chi connectivity index (χ1v) is 7.89. The average Bonchev–Trinajstić information content (AvgIpc) is 2.46. The van der Waals surface area contributed by atoms with E-state index in [-0.39, 0.29) is 0 Å². The summed E-state index contributed by atoms with van der Waals surface area (Å²) in [6.45, 7) is 2.24. The molecule has 19 heavy (non-hydrogen) atoms. The van der Waals surface area contributed by atoms with Gasteiger partial charge in [0.15, 0.2) is 0 Å². The van der Waals surface area contributed by atoms with Crippen LogP contribution in [0, 0.1) is 0 Å². The van der Waals surface area contributed by atoms with Crippen LogP contribution in [0.5, 0.6) is 0 Å². The zero-order valence-corrected chi connectivity index (χ0v) is 12.1. The van der Waals surface area contributed by atoms with Crippen molar-refractivity contribution < 1.29 is 0 Å². The van der Waals surface area contributed by atoms with E-state index in [4.69, 9.17) is 0 Å². The Bertz CT molecular complexity index is 421. The first kappa shape index (κ1) is 13.0. The van der Waals surface area contributed by atoms with Crippen LogP contribution in [0.4, 0.5) is 5.69 Å². The molecule has 0 aromatic heterocycles. The SMILES string of the molecule is CN1CCCc2cc(CNC3CCCCC3)ccc21. The summed E-state index contributed by atoms with van der Waals surface area (Å²) in [5.74, 6) is 0. The van der Waals surface area contributed by atoms with Crippen molar-refractivity contribution in [2.24, 2.45) is 0 Å². The Morgan fingerprint density at radius 2 is 2.00 bits per heavy atom. The van der Waals surface area contributed by atoms with Crippen molar-refractivity contribution in [3.8, 4) is 0 Å². The number of rotatable bonds is 3. The summed E-state index contributed by atoms with van der Waals surface area (Å²) in [6, 6.07) is 7.79. The third-order valence-electron chi connectivity index (χ3n) is 4.69. The quantitative estimate of drug-likeness (QED) is 0.893. The van der Waals surface area contributed by atoms with Gasteiger partial charge in [-0.1, -0.05) is 31.4 Å². The molecule has 0 bridgehead atoms. The van der Waals surface area contributed by atoms with Crippen molar-refractivity contribution in [2.75, 3.05) is 18.5 Å². The van der Waals surface area contributed by atoms with Gasteiger partial charge in [-0.25, -0.2) is 0 Å². The minimum atomic E-state index is 0.757. The summed E-state index contributed by atoms with van der Waals surface area (Å²) in [5, 5.41) is 3.74. The van der Waals surface area contributed by atoms with Gasteiger partial charge in [-0.05, 0) is 42.9 Å². The fourth-order valence-corrected chi connectivity index (χ4v) is 3.52. The van der Waals surface area contributed by atoms with E-state index in [1.54, 1.807) is 0 Å². The Hall–Kier alpha value is -1.02. The molecule has 2 heteroatoms. The Morgan fingerprint density at radius 3 is 2.84 bits per heavy atom. The predicted molar refractivity (Wildman–Crippen MR) is 81.7 cm³/mol. The molecule has 1 aromatic rings. The van der Waals surface area contributed by atoms with E-state index < -0.39 is 0 Å². The van der Waals surface area contributed by atoms with Crippen LogP contribution in [-0.4, -0.2) is 19.6 Å². The highest BCUT2D eigenvalue weighted by atomic mass is 15.1. The van der Waals surface area contributed by atoms with E-state index in [0.29, 0.717) is 0 Å². The van der Waals surface area contributed by atoms with Crippen molar-refractivity contribution in [1.82, 2.24) is 5.32 Å². The van der Waals surface area contributed by atoms with Gasteiger partial charge in [0.05, 0.1) is 0 Å². The molecule has 2 aliphatic rings. The van der Waals surface area contributed by atoms with Gasteiger partial charge in [0, 0.05) is 31.9 Å². The third kappa shape index (κ3) is 3.11. The molecule has 0 spiro atoms. The first-order chi connectivity index (χ1) is 9.33. The summed E-state index contributed by atoms with van der Waals surface area (Å²) in [7, 11) is 2.21. The Labute approximate surface area is 117 Å². The number of benzene rings is 1. The van der Waals surface area contributed by atoms with E-state index in [1.165, 1.54) is 68.3 Å². The fourth-order valence-electron chi connectivity index (χ4n) is 3.52. The molecular weight excluding hydrogens is 232 g/mol. The predicted octanol–water partition coefficient (Wildman–Crippen LogP) is 3.49. The number of nitrogens with one attached hydrogen (secondary N) is 1. The molecule has 1 aliphatic carbocycles. The number of hydrogen-bond acceptors (Lipinski definition) is 2. The van der Waals surface area contributed by atoms with Gasteiger partial charge in [-0.2, -0.15) is 0 Å². The summed E-state index contributed by atoms with van der Waals surface area (Å²) in [4.78, 5) is 2.39. The fraction of sp³-hybridized carbons (Fsp3) is 0.647. The molecule has 1 N–H and O–H groups in total. The molecule has 1 aromatic carbocycles. The third-order valence-corrected chi connectivity index (χ3v) is 4.69. The van der Waals surface area contributed by atoms with E-state index in [2.05, 4.69) is 35.5 Å². The molecule has 2 nitrogen and oxygen atoms in total. The van der Waals surface area contributed by atoms with Gasteiger partial charge < -0.3 is 10.2 Å². The minimum absolute atomic E-state index is 0.757. The molecule has 1 fully saturated rings. The molecule has 1 heterocycles. The van der Waals surface area contributed by atoms with E-state index in [0.717, 1.165) is 12.6 Å². The van der Waals surface area contributed by atoms with E-state index in [1.807, 2.05) is 0 Å². The van der Waals surface area contributed by atoms with Gasteiger partial charge in [0.2, 0.25) is 0 Å². The van der Waals surface area contributed by atoms with Crippen LogP contribution in [0.15, 0.2) is 18.2 Å². The zero-order valence-electron chi connectivity index (χ0n) is 12.1. The maximum Gasteiger partial charge on any atom is 0.0396 e. The van der Waals surface area contributed by atoms with Crippen LogP contribution in [-0.2, 0) is 13.0 Å². The molecule has 0 unspecified atom stereocenters. The normalized spacial score (nSPS) is 20.4. The molecule has 0 amide bonds. The molecule has 104 valence electrons. The van der Waals surface area contributed by atoms with Gasteiger partial charge in [0.1, 0.15) is 0 Å². The van der Waals surface area contributed by atoms with Crippen molar-refractivity contribution in [3.05, 3.63) is 29.3 Å². The van der Waals surface area contributed by atoms with Crippen LogP contribution < -0.4 is 10.2 Å². The lowest BCUT2D eigenvalue weighted by molar-refractivity contribution is 0.372. The monoisotopic (exact) mass is 258 g/mol. The van der Waals surface area contributed by atoms with E-state index in [9.17, 15) is 0 Å². The molecule has 1 saturated carbocycles. The van der Waals surface area contributed by atoms with Crippen LogP contribution in [0.3, 0.4) is 0 Å². The Morgan fingerprint density at radius 1 is 1.16 bits per heavy atom. The largest absolute Gasteiger partial charge is 0.374 e. The molecular formula is C17H26N2. The van der Waals surface area contributed by atoms with Gasteiger partial charge >= 0.3 is 0 Å². The van der Waals surface area contributed by atoms with Crippen LogP contribution in [0.1, 0.15) is 49.7 Å². The number of nitrogens with zero attached hydrogens (tertiary/aromatic N) is 1. The zero-order chi connectivity index (χ0) is 13.1.